The number of hydrogen-bond donors (Lipinski definition) is 1. The van der Waals surface area contributed by atoms with Gasteiger partial charge in [-0.1, -0.05) is 36.4 Å². The lowest BCUT2D eigenvalue weighted by Crippen LogP contribution is -2.28. The SMILES string of the molecule is CCOC(=O)C1=CN(C(=O)c2nnc(-c3ccccc3)o2)CCc2c1[nH]c1ccccc21. The highest BCUT2D eigenvalue weighted by Crippen LogP contribution is 2.31. The van der Waals surface area contributed by atoms with E-state index in [0.717, 1.165) is 22.0 Å². The molecule has 4 aromatic rings. The summed E-state index contributed by atoms with van der Waals surface area (Å²) in [6.07, 6.45) is 2.05. The first kappa shape index (κ1) is 19.7. The van der Waals surface area contributed by atoms with E-state index >= 15 is 0 Å². The van der Waals surface area contributed by atoms with E-state index in [1.807, 2.05) is 54.6 Å². The number of benzene rings is 2. The Balaban J connectivity index is 1.52. The fourth-order valence-corrected chi connectivity index (χ4v) is 3.86. The number of nitrogens with one attached hydrogen (secondary N) is 1. The van der Waals surface area contributed by atoms with Crippen LogP contribution in [0.2, 0.25) is 0 Å². The molecule has 0 unspecified atom stereocenters. The van der Waals surface area contributed by atoms with Gasteiger partial charge in [-0.05, 0) is 37.1 Å². The Morgan fingerprint density at radius 2 is 1.88 bits per heavy atom. The summed E-state index contributed by atoms with van der Waals surface area (Å²) in [6, 6.07) is 17.1. The number of H-pyrrole nitrogens is 1. The normalized spacial score (nSPS) is 13.4. The lowest BCUT2D eigenvalue weighted by molar-refractivity contribution is -0.136. The number of carbonyl (C=O) groups is 2. The van der Waals surface area contributed by atoms with Crippen LogP contribution in [0.1, 0.15) is 28.9 Å². The summed E-state index contributed by atoms with van der Waals surface area (Å²) in [6.45, 7) is 2.32. The molecule has 5 rings (SSSR count). The van der Waals surface area contributed by atoms with Crippen LogP contribution in [0.3, 0.4) is 0 Å². The molecule has 0 spiro atoms. The van der Waals surface area contributed by atoms with Crippen LogP contribution in [-0.4, -0.2) is 45.1 Å². The fourth-order valence-electron chi connectivity index (χ4n) is 3.86. The average molecular weight is 428 g/mol. The number of carbonyl (C=O) groups excluding carboxylic acids is 2. The van der Waals surface area contributed by atoms with Crippen LogP contribution in [0.4, 0.5) is 0 Å². The molecule has 1 aliphatic rings. The van der Waals surface area contributed by atoms with Crippen molar-refractivity contribution in [2.45, 2.75) is 13.3 Å². The number of ether oxygens (including phenoxy) is 1. The Morgan fingerprint density at radius 3 is 2.69 bits per heavy atom. The van der Waals surface area contributed by atoms with Gasteiger partial charge in [-0.3, -0.25) is 4.79 Å². The second-order valence-corrected chi connectivity index (χ2v) is 7.31. The number of fused-ring (bicyclic) bond motifs is 3. The molecule has 160 valence electrons. The van der Waals surface area contributed by atoms with Gasteiger partial charge in [-0.25, -0.2) is 4.79 Å². The summed E-state index contributed by atoms with van der Waals surface area (Å²) in [5, 5.41) is 8.94. The molecule has 8 heteroatoms. The maximum absolute atomic E-state index is 13.2. The highest BCUT2D eigenvalue weighted by Gasteiger charge is 2.29. The topological polar surface area (TPSA) is 101 Å². The van der Waals surface area contributed by atoms with Crippen LogP contribution >= 0.6 is 0 Å². The highest BCUT2D eigenvalue weighted by atomic mass is 16.5. The van der Waals surface area contributed by atoms with E-state index in [1.54, 1.807) is 6.92 Å². The summed E-state index contributed by atoms with van der Waals surface area (Å²) >= 11 is 0. The first-order chi connectivity index (χ1) is 15.7. The first-order valence-electron chi connectivity index (χ1n) is 10.3. The summed E-state index contributed by atoms with van der Waals surface area (Å²) in [5.74, 6) is -0.861. The summed E-state index contributed by atoms with van der Waals surface area (Å²) in [4.78, 5) is 30.7. The Morgan fingerprint density at radius 1 is 1.09 bits per heavy atom. The van der Waals surface area contributed by atoms with Crippen molar-refractivity contribution in [1.82, 2.24) is 20.1 Å². The smallest absolute Gasteiger partial charge is 0.341 e. The minimum absolute atomic E-state index is 0.140. The summed E-state index contributed by atoms with van der Waals surface area (Å²) < 4.78 is 10.9. The van der Waals surface area contributed by atoms with Crippen molar-refractivity contribution in [2.75, 3.05) is 13.2 Å². The number of hydrogen-bond acceptors (Lipinski definition) is 6. The van der Waals surface area contributed by atoms with Gasteiger partial charge in [0.2, 0.25) is 5.89 Å². The van der Waals surface area contributed by atoms with Gasteiger partial charge in [0.1, 0.15) is 0 Å². The molecule has 0 saturated heterocycles. The predicted octanol–water partition coefficient (Wildman–Crippen LogP) is 3.82. The van der Waals surface area contributed by atoms with Gasteiger partial charge >= 0.3 is 17.8 Å². The number of esters is 1. The number of amides is 1. The van der Waals surface area contributed by atoms with E-state index in [4.69, 9.17) is 9.15 Å². The molecule has 0 fully saturated rings. The molecule has 1 N–H and O–H groups in total. The van der Waals surface area contributed by atoms with E-state index in [2.05, 4.69) is 15.2 Å². The molecular formula is C24H20N4O4. The lowest BCUT2D eigenvalue weighted by Gasteiger charge is -2.15. The van der Waals surface area contributed by atoms with Crippen molar-refractivity contribution in [3.05, 3.63) is 77.9 Å². The van der Waals surface area contributed by atoms with Crippen molar-refractivity contribution in [2.24, 2.45) is 0 Å². The second-order valence-electron chi connectivity index (χ2n) is 7.31. The minimum atomic E-state index is -0.504. The summed E-state index contributed by atoms with van der Waals surface area (Å²) in [5.41, 5.74) is 3.56. The molecule has 2 aromatic heterocycles. The molecule has 2 aromatic carbocycles. The third kappa shape index (κ3) is 3.45. The third-order valence-electron chi connectivity index (χ3n) is 5.36. The van der Waals surface area contributed by atoms with E-state index in [1.165, 1.54) is 11.1 Å². The van der Waals surface area contributed by atoms with E-state index in [-0.39, 0.29) is 24.0 Å². The van der Waals surface area contributed by atoms with Gasteiger partial charge in [-0.2, -0.15) is 0 Å². The molecule has 8 nitrogen and oxygen atoms in total. The number of aromatic nitrogens is 3. The van der Waals surface area contributed by atoms with Crippen molar-refractivity contribution in [3.63, 3.8) is 0 Å². The van der Waals surface area contributed by atoms with Crippen LogP contribution in [0.5, 0.6) is 0 Å². The largest absolute Gasteiger partial charge is 0.462 e. The van der Waals surface area contributed by atoms with Crippen molar-refractivity contribution < 1.29 is 18.7 Å². The zero-order chi connectivity index (χ0) is 22.1. The maximum Gasteiger partial charge on any atom is 0.341 e. The molecule has 0 saturated carbocycles. The predicted molar refractivity (Wildman–Crippen MR) is 117 cm³/mol. The zero-order valence-corrected chi connectivity index (χ0v) is 17.4. The maximum atomic E-state index is 13.2. The van der Waals surface area contributed by atoms with Crippen LogP contribution in [0, 0.1) is 0 Å². The second kappa shape index (κ2) is 8.14. The molecule has 0 bridgehead atoms. The standard InChI is InChI=1S/C24H20N4O4/c1-2-31-24(30)18-14-28(13-12-17-16-10-6-7-11-19(16)25-20(17)18)23(29)22-27-26-21(32-22)15-8-4-3-5-9-15/h3-11,14,25H,2,12-13H2,1H3. The molecule has 3 heterocycles. The van der Waals surface area contributed by atoms with Gasteiger partial charge in [0.25, 0.3) is 0 Å². The van der Waals surface area contributed by atoms with Crippen LogP contribution in [0.15, 0.2) is 65.2 Å². The quantitative estimate of drug-likeness (QED) is 0.496. The zero-order valence-electron chi connectivity index (χ0n) is 17.4. The average Bonchev–Trinajstić information content (AvgIpc) is 3.40. The molecule has 0 radical (unpaired) electrons. The Hall–Kier alpha value is -4.20. The third-order valence-corrected chi connectivity index (χ3v) is 5.36. The summed E-state index contributed by atoms with van der Waals surface area (Å²) in [7, 11) is 0. The molecule has 0 atom stereocenters. The van der Waals surface area contributed by atoms with Gasteiger partial charge in [0.15, 0.2) is 0 Å². The lowest BCUT2D eigenvalue weighted by atomic mass is 10.0. The molecule has 32 heavy (non-hydrogen) atoms. The van der Waals surface area contributed by atoms with Crippen LogP contribution < -0.4 is 0 Å². The van der Waals surface area contributed by atoms with Crippen molar-refractivity contribution >= 4 is 28.4 Å². The van der Waals surface area contributed by atoms with Gasteiger partial charge < -0.3 is 19.0 Å². The monoisotopic (exact) mass is 428 g/mol. The highest BCUT2D eigenvalue weighted by molar-refractivity contribution is 6.18. The molecule has 1 aliphatic heterocycles. The number of aromatic amines is 1. The minimum Gasteiger partial charge on any atom is -0.462 e. The Labute approximate surface area is 183 Å². The molecule has 1 amide bonds. The van der Waals surface area contributed by atoms with Gasteiger partial charge in [0, 0.05) is 29.2 Å². The molecular weight excluding hydrogens is 408 g/mol. The van der Waals surface area contributed by atoms with Crippen molar-refractivity contribution in [3.8, 4) is 11.5 Å². The van der Waals surface area contributed by atoms with E-state index in [0.29, 0.717) is 18.7 Å². The Bertz CT molecular complexity index is 1340. The molecule has 0 aliphatic carbocycles. The van der Waals surface area contributed by atoms with Gasteiger partial charge in [0.05, 0.1) is 17.9 Å². The number of para-hydroxylation sites is 1. The van der Waals surface area contributed by atoms with Crippen molar-refractivity contribution in [1.29, 1.82) is 0 Å². The number of nitrogens with zero attached hydrogens (tertiary/aromatic N) is 3. The first-order valence-corrected chi connectivity index (χ1v) is 10.3. The fraction of sp³-hybridized carbons (Fsp3) is 0.167. The van der Waals surface area contributed by atoms with Gasteiger partial charge in [-0.15, -0.1) is 10.2 Å². The Kier molecular flexibility index (Phi) is 5.03. The van der Waals surface area contributed by atoms with Crippen LogP contribution in [0.25, 0.3) is 27.9 Å². The van der Waals surface area contributed by atoms with E-state index < -0.39 is 11.9 Å². The van der Waals surface area contributed by atoms with E-state index in [9.17, 15) is 9.59 Å². The van der Waals surface area contributed by atoms with Crippen LogP contribution in [-0.2, 0) is 16.0 Å². The number of rotatable bonds is 4.